The Morgan fingerprint density at radius 2 is 2.06 bits per heavy atom. The average molecular weight is 247 g/mol. The van der Waals surface area contributed by atoms with Crippen LogP contribution in [0.1, 0.15) is 38.2 Å². The lowest BCUT2D eigenvalue weighted by Gasteiger charge is -2.28. The van der Waals surface area contributed by atoms with Gasteiger partial charge in [-0.2, -0.15) is 0 Å². The number of amides is 1. The molecule has 98 valence electrons. The lowest BCUT2D eigenvalue weighted by Crippen LogP contribution is -2.32. The fourth-order valence-corrected chi connectivity index (χ4v) is 2.17. The van der Waals surface area contributed by atoms with Crippen molar-refractivity contribution in [1.82, 2.24) is 0 Å². The number of allylic oxidation sites excluding steroid dienone is 1. The van der Waals surface area contributed by atoms with E-state index >= 15 is 0 Å². The number of ether oxygens (including phenoxy) is 1. The third-order valence-electron chi connectivity index (χ3n) is 2.84. The topological polar surface area (TPSA) is 52.3 Å². The monoisotopic (exact) mass is 247 g/mol. The maximum absolute atomic E-state index is 10.9. The summed E-state index contributed by atoms with van der Waals surface area (Å²) in [6.07, 6.45) is 2.71. The molecule has 0 aliphatic carbocycles. The summed E-state index contributed by atoms with van der Waals surface area (Å²) in [6.45, 7) is 7.53. The van der Waals surface area contributed by atoms with Crippen molar-refractivity contribution in [3.8, 4) is 0 Å². The minimum absolute atomic E-state index is 0.276. The summed E-state index contributed by atoms with van der Waals surface area (Å²) < 4.78 is 5.14. The molecule has 1 aromatic carbocycles. The number of rotatable bonds is 6. The third-order valence-corrected chi connectivity index (χ3v) is 2.84. The molecule has 0 aliphatic rings. The Morgan fingerprint density at radius 3 is 2.56 bits per heavy atom. The Morgan fingerprint density at radius 1 is 1.44 bits per heavy atom. The van der Waals surface area contributed by atoms with Crippen LogP contribution in [0.4, 0.5) is 4.79 Å². The van der Waals surface area contributed by atoms with Crippen molar-refractivity contribution in [1.29, 1.82) is 0 Å². The maximum Gasteiger partial charge on any atom is 0.405 e. The van der Waals surface area contributed by atoms with Crippen LogP contribution in [0.15, 0.2) is 43.0 Å². The molecule has 1 rings (SSSR count). The number of benzene rings is 1. The van der Waals surface area contributed by atoms with Crippen LogP contribution in [0.2, 0.25) is 0 Å². The maximum atomic E-state index is 10.9. The van der Waals surface area contributed by atoms with Crippen LogP contribution in [0.5, 0.6) is 0 Å². The number of carbonyl (C=O) groups excluding carboxylic acids is 1. The lowest BCUT2D eigenvalue weighted by atomic mass is 9.85. The molecule has 0 fully saturated rings. The van der Waals surface area contributed by atoms with E-state index in [1.807, 2.05) is 38.1 Å². The smallest absolute Gasteiger partial charge is 0.405 e. The molecule has 0 aliphatic heterocycles. The number of carbonyl (C=O) groups is 1. The van der Waals surface area contributed by atoms with E-state index in [2.05, 4.69) is 18.7 Å². The number of hydrogen-bond donors (Lipinski definition) is 1. The van der Waals surface area contributed by atoms with Crippen LogP contribution in [0.3, 0.4) is 0 Å². The first kappa shape index (κ1) is 14.3. The molecule has 0 radical (unpaired) electrons. The van der Waals surface area contributed by atoms with Crippen molar-refractivity contribution in [2.45, 2.75) is 38.2 Å². The van der Waals surface area contributed by atoms with Gasteiger partial charge in [-0.25, -0.2) is 4.79 Å². The first-order chi connectivity index (χ1) is 8.44. The molecule has 18 heavy (non-hydrogen) atoms. The summed E-state index contributed by atoms with van der Waals surface area (Å²) in [4.78, 5) is 10.9. The van der Waals surface area contributed by atoms with Crippen molar-refractivity contribution in [3.05, 3.63) is 48.6 Å². The molecule has 3 nitrogen and oxygen atoms in total. The van der Waals surface area contributed by atoms with Gasteiger partial charge in [0.1, 0.15) is 5.60 Å². The molecule has 0 spiro atoms. The zero-order valence-electron chi connectivity index (χ0n) is 11.1. The van der Waals surface area contributed by atoms with E-state index in [1.165, 1.54) is 5.56 Å². The number of primary amides is 1. The summed E-state index contributed by atoms with van der Waals surface area (Å²) in [7, 11) is 0. The average Bonchev–Trinajstić information content (AvgIpc) is 2.27. The van der Waals surface area contributed by atoms with Crippen LogP contribution in [0.25, 0.3) is 0 Å². The van der Waals surface area contributed by atoms with E-state index in [-0.39, 0.29) is 5.92 Å². The molecule has 0 saturated heterocycles. The quantitative estimate of drug-likeness (QED) is 0.781. The Hall–Kier alpha value is -1.77. The van der Waals surface area contributed by atoms with Gasteiger partial charge in [-0.15, -0.1) is 6.58 Å². The highest BCUT2D eigenvalue weighted by molar-refractivity contribution is 5.65. The molecule has 1 aromatic rings. The predicted octanol–water partition coefficient (Wildman–Crippen LogP) is 3.61. The highest BCUT2D eigenvalue weighted by Crippen LogP contribution is 2.31. The van der Waals surface area contributed by atoms with Crippen LogP contribution < -0.4 is 5.73 Å². The van der Waals surface area contributed by atoms with E-state index in [9.17, 15) is 4.79 Å². The zero-order chi connectivity index (χ0) is 13.6. The lowest BCUT2D eigenvalue weighted by molar-refractivity contribution is 0.0338. The van der Waals surface area contributed by atoms with Crippen molar-refractivity contribution < 1.29 is 9.53 Å². The Bertz CT molecular complexity index is 398. The minimum atomic E-state index is -0.731. The second kappa shape index (κ2) is 6.24. The minimum Gasteiger partial charge on any atom is -0.444 e. The van der Waals surface area contributed by atoms with Crippen LogP contribution in [-0.4, -0.2) is 11.7 Å². The van der Waals surface area contributed by atoms with Gasteiger partial charge in [-0.05, 0) is 38.2 Å². The molecule has 1 unspecified atom stereocenters. The van der Waals surface area contributed by atoms with Gasteiger partial charge >= 0.3 is 6.09 Å². The Kier molecular flexibility index (Phi) is 4.95. The van der Waals surface area contributed by atoms with E-state index in [4.69, 9.17) is 10.5 Å². The van der Waals surface area contributed by atoms with Gasteiger partial charge < -0.3 is 10.5 Å². The second-order valence-electron chi connectivity index (χ2n) is 5.02. The van der Waals surface area contributed by atoms with Crippen molar-refractivity contribution >= 4 is 6.09 Å². The van der Waals surface area contributed by atoms with Gasteiger partial charge in [0.25, 0.3) is 0 Å². The third kappa shape index (κ3) is 4.62. The van der Waals surface area contributed by atoms with Gasteiger partial charge in [0, 0.05) is 0 Å². The Balaban J connectivity index is 2.80. The first-order valence-electron chi connectivity index (χ1n) is 6.09. The summed E-state index contributed by atoms with van der Waals surface area (Å²) >= 11 is 0. The summed E-state index contributed by atoms with van der Waals surface area (Å²) in [5.41, 5.74) is 5.73. The standard InChI is InChI=1S/C15H21NO2/c1-4-8-13(12-9-6-5-7-10-12)11-15(2,3)18-14(16)17/h4-7,9-10,13H,1,8,11H2,2-3H3,(H2,16,17). The molecular weight excluding hydrogens is 226 g/mol. The first-order valence-corrected chi connectivity index (χ1v) is 6.09. The number of hydrogen-bond acceptors (Lipinski definition) is 2. The zero-order valence-corrected chi connectivity index (χ0v) is 11.1. The highest BCUT2D eigenvalue weighted by Gasteiger charge is 2.26. The van der Waals surface area contributed by atoms with E-state index in [1.54, 1.807) is 0 Å². The highest BCUT2D eigenvalue weighted by atomic mass is 16.6. The fourth-order valence-electron chi connectivity index (χ4n) is 2.17. The molecule has 0 aromatic heterocycles. The van der Waals surface area contributed by atoms with Crippen molar-refractivity contribution in [3.63, 3.8) is 0 Å². The normalized spacial score (nSPS) is 12.8. The van der Waals surface area contributed by atoms with Crippen molar-refractivity contribution in [2.24, 2.45) is 5.73 Å². The van der Waals surface area contributed by atoms with E-state index in [0.29, 0.717) is 6.42 Å². The van der Waals surface area contributed by atoms with Crippen molar-refractivity contribution in [2.75, 3.05) is 0 Å². The molecule has 2 N–H and O–H groups in total. The van der Waals surface area contributed by atoms with Gasteiger partial charge in [-0.3, -0.25) is 0 Å². The van der Waals surface area contributed by atoms with Gasteiger partial charge in [-0.1, -0.05) is 36.4 Å². The summed E-state index contributed by atoms with van der Waals surface area (Å²) in [5, 5.41) is 0. The summed E-state index contributed by atoms with van der Waals surface area (Å²) in [6, 6.07) is 10.2. The van der Waals surface area contributed by atoms with E-state index in [0.717, 1.165) is 6.42 Å². The Labute approximate surface area is 109 Å². The largest absolute Gasteiger partial charge is 0.444 e. The fraction of sp³-hybridized carbons (Fsp3) is 0.400. The molecular formula is C15H21NO2. The molecule has 3 heteroatoms. The second-order valence-corrected chi connectivity index (χ2v) is 5.02. The van der Waals surface area contributed by atoms with Crippen LogP contribution in [0, 0.1) is 0 Å². The molecule has 0 bridgehead atoms. The number of nitrogens with two attached hydrogens (primary N) is 1. The molecule has 0 heterocycles. The SMILES string of the molecule is C=CCC(CC(C)(C)OC(N)=O)c1ccccc1. The predicted molar refractivity (Wildman–Crippen MR) is 73.4 cm³/mol. The van der Waals surface area contributed by atoms with Crippen LogP contribution in [-0.2, 0) is 4.74 Å². The van der Waals surface area contributed by atoms with Gasteiger partial charge in [0.05, 0.1) is 0 Å². The molecule has 1 amide bonds. The van der Waals surface area contributed by atoms with Gasteiger partial charge in [0.15, 0.2) is 0 Å². The van der Waals surface area contributed by atoms with Gasteiger partial charge in [0.2, 0.25) is 0 Å². The molecule has 0 saturated carbocycles. The summed E-state index contributed by atoms with van der Waals surface area (Å²) in [5.74, 6) is 0.276. The van der Waals surface area contributed by atoms with E-state index < -0.39 is 11.7 Å². The van der Waals surface area contributed by atoms with Crippen LogP contribution >= 0.6 is 0 Å². The molecule has 1 atom stereocenters.